The summed E-state index contributed by atoms with van der Waals surface area (Å²) in [7, 11) is 0. The van der Waals surface area contributed by atoms with Crippen LogP contribution in [0.5, 0.6) is 0 Å². The molecule has 0 N–H and O–H groups in total. The maximum Gasteiger partial charge on any atom is 0.0602 e. The van der Waals surface area contributed by atoms with Crippen LogP contribution in [0.15, 0.2) is 0 Å². The highest BCUT2D eigenvalue weighted by atomic mass is 16.5. The lowest BCUT2D eigenvalue weighted by molar-refractivity contribution is -0.0542. The van der Waals surface area contributed by atoms with Crippen LogP contribution in [0.3, 0.4) is 0 Å². The zero-order chi connectivity index (χ0) is 12.3. The second kappa shape index (κ2) is 10.4. The molecular weight excluding hydrogens is 188 g/mol. The van der Waals surface area contributed by atoms with E-state index in [1.807, 2.05) is 13.8 Å². The van der Waals surface area contributed by atoms with Crippen LogP contribution >= 0.6 is 0 Å². The average Bonchev–Trinajstić information content (AvgIpc) is 2.03. The first kappa shape index (κ1) is 17.3. The summed E-state index contributed by atoms with van der Waals surface area (Å²) in [5.41, 5.74) is 0.0224. The van der Waals surface area contributed by atoms with Crippen molar-refractivity contribution >= 4 is 0 Å². The van der Waals surface area contributed by atoms with E-state index in [0.717, 1.165) is 19.6 Å². The molecular formula is C13H30O2. The van der Waals surface area contributed by atoms with Gasteiger partial charge >= 0.3 is 0 Å². The molecule has 0 rings (SSSR count). The van der Waals surface area contributed by atoms with Crippen LogP contribution in [0.4, 0.5) is 0 Å². The quantitative estimate of drug-likeness (QED) is 0.693. The van der Waals surface area contributed by atoms with Crippen molar-refractivity contribution < 1.29 is 9.47 Å². The Labute approximate surface area is 96.4 Å². The lowest BCUT2D eigenvalue weighted by Gasteiger charge is -2.24. The third-order valence-corrected chi connectivity index (χ3v) is 1.66. The molecule has 0 spiro atoms. The van der Waals surface area contributed by atoms with Gasteiger partial charge in [-0.25, -0.2) is 0 Å². The first-order valence-corrected chi connectivity index (χ1v) is 6.12. The SMILES string of the molecule is CCCC(C)OC(C)(C)C.CCOCC. The minimum absolute atomic E-state index is 0.0224. The van der Waals surface area contributed by atoms with E-state index in [9.17, 15) is 0 Å². The van der Waals surface area contributed by atoms with Crippen LogP contribution in [0.2, 0.25) is 0 Å². The maximum absolute atomic E-state index is 5.68. The van der Waals surface area contributed by atoms with E-state index in [2.05, 4.69) is 34.6 Å². The van der Waals surface area contributed by atoms with E-state index in [1.54, 1.807) is 0 Å². The van der Waals surface area contributed by atoms with Crippen LogP contribution in [0.25, 0.3) is 0 Å². The molecule has 0 aliphatic carbocycles. The summed E-state index contributed by atoms with van der Waals surface area (Å²) in [6, 6.07) is 0. The van der Waals surface area contributed by atoms with Crippen LogP contribution in [-0.4, -0.2) is 24.9 Å². The third kappa shape index (κ3) is 20.1. The molecule has 1 atom stereocenters. The maximum atomic E-state index is 5.68. The van der Waals surface area contributed by atoms with E-state index in [1.165, 1.54) is 6.42 Å². The van der Waals surface area contributed by atoms with Crippen LogP contribution in [0.1, 0.15) is 61.3 Å². The molecule has 2 nitrogen and oxygen atoms in total. The zero-order valence-corrected chi connectivity index (χ0v) is 11.7. The Hall–Kier alpha value is -0.0800. The number of hydrogen-bond acceptors (Lipinski definition) is 2. The normalized spacial score (nSPS) is 13.0. The molecule has 0 aliphatic heterocycles. The Morgan fingerprint density at radius 3 is 1.67 bits per heavy atom. The molecule has 0 saturated carbocycles. The number of rotatable bonds is 5. The topological polar surface area (TPSA) is 18.5 Å². The predicted molar refractivity (Wildman–Crippen MR) is 67.4 cm³/mol. The first-order valence-electron chi connectivity index (χ1n) is 6.12. The molecule has 0 bridgehead atoms. The Morgan fingerprint density at radius 1 is 1.00 bits per heavy atom. The van der Waals surface area contributed by atoms with Gasteiger partial charge in [0.05, 0.1) is 11.7 Å². The van der Waals surface area contributed by atoms with Gasteiger partial charge in [-0.1, -0.05) is 13.3 Å². The molecule has 0 aliphatic rings. The molecule has 15 heavy (non-hydrogen) atoms. The second-order valence-electron chi connectivity index (χ2n) is 4.61. The van der Waals surface area contributed by atoms with Gasteiger partial charge in [-0.2, -0.15) is 0 Å². The summed E-state index contributed by atoms with van der Waals surface area (Å²) in [5.74, 6) is 0. The van der Waals surface area contributed by atoms with Crippen LogP contribution < -0.4 is 0 Å². The molecule has 0 radical (unpaired) electrons. The van der Waals surface area contributed by atoms with Gasteiger partial charge in [0.15, 0.2) is 0 Å². The summed E-state index contributed by atoms with van der Waals surface area (Å²) in [6.45, 7) is 16.3. The Balaban J connectivity index is 0. The molecule has 94 valence electrons. The molecule has 0 heterocycles. The van der Waals surface area contributed by atoms with Crippen molar-refractivity contribution in [3.8, 4) is 0 Å². The molecule has 2 heteroatoms. The molecule has 0 aromatic heterocycles. The Bertz CT molecular complexity index is 114. The molecule has 0 aromatic rings. The van der Waals surface area contributed by atoms with Crippen molar-refractivity contribution in [2.75, 3.05) is 13.2 Å². The lowest BCUT2D eigenvalue weighted by atomic mass is 10.1. The van der Waals surface area contributed by atoms with E-state index < -0.39 is 0 Å². The van der Waals surface area contributed by atoms with Crippen molar-refractivity contribution in [2.24, 2.45) is 0 Å². The highest BCUT2D eigenvalue weighted by Gasteiger charge is 2.13. The van der Waals surface area contributed by atoms with E-state index >= 15 is 0 Å². The summed E-state index contributed by atoms with van der Waals surface area (Å²) in [6.07, 6.45) is 2.78. The fourth-order valence-corrected chi connectivity index (χ4v) is 1.27. The van der Waals surface area contributed by atoms with Gasteiger partial charge in [0.1, 0.15) is 0 Å². The molecule has 0 fully saturated rings. The lowest BCUT2D eigenvalue weighted by Crippen LogP contribution is -2.25. The molecule has 0 aromatic carbocycles. The van der Waals surface area contributed by atoms with Crippen molar-refractivity contribution in [3.05, 3.63) is 0 Å². The van der Waals surface area contributed by atoms with Gasteiger partial charge in [-0.15, -0.1) is 0 Å². The van der Waals surface area contributed by atoms with E-state index in [0.29, 0.717) is 6.10 Å². The summed E-state index contributed by atoms with van der Waals surface area (Å²) < 4.78 is 10.5. The van der Waals surface area contributed by atoms with Crippen molar-refractivity contribution in [1.29, 1.82) is 0 Å². The van der Waals surface area contributed by atoms with E-state index in [-0.39, 0.29) is 5.60 Å². The van der Waals surface area contributed by atoms with Crippen LogP contribution in [-0.2, 0) is 9.47 Å². The van der Waals surface area contributed by atoms with Gasteiger partial charge in [0, 0.05) is 13.2 Å². The zero-order valence-electron chi connectivity index (χ0n) is 11.7. The fraction of sp³-hybridized carbons (Fsp3) is 1.00. The minimum Gasteiger partial charge on any atom is -0.382 e. The minimum atomic E-state index is 0.0224. The summed E-state index contributed by atoms with van der Waals surface area (Å²) >= 11 is 0. The predicted octanol–water partition coefficient (Wildman–Crippen LogP) is 4.03. The second-order valence-corrected chi connectivity index (χ2v) is 4.61. The standard InChI is InChI=1S/C9H20O.C4H10O/c1-6-7-8(2)10-9(3,4)5;1-3-5-4-2/h8H,6-7H2,1-5H3;3-4H2,1-2H3. The highest BCUT2D eigenvalue weighted by molar-refractivity contribution is 4.62. The van der Waals surface area contributed by atoms with Gasteiger partial charge in [0.2, 0.25) is 0 Å². The van der Waals surface area contributed by atoms with Crippen molar-refractivity contribution in [1.82, 2.24) is 0 Å². The van der Waals surface area contributed by atoms with Gasteiger partial charge in [-0.3, -0.25) is 0 Å². The third-order valence-electron chi connectivity index (χ3n) is 1.66. The van der Waals surface area contributed by atoms with Crippen LogP contribution in [0, 0.1) is 0 Å². The molecule has 1 unspecified atom stereocenters. The Morgan fingerprint density at radius 2 is 1.47 bits per heavy atom. The fourth-order valence-electron chi connectivity index (χ4n) is 1.27. The molecule has 0 amide bonds. The largest absolute Gasteiger partial charge is 0.382 e. The Kier molecular flexibility index (Phi) is 12.1. The summed E-state index contributed by atoms with van der Waals surface area (Å²) in [5, 5.41) is 0. The smallest absolute Gasteiger partial charge is 0.0602 e. The highest BCUT2D eigenvalue weighted by Crippen LogP contribution is 2.13. The van der Waals surface area contributed by atoms with E-state index in [4.69, 9.17) is 9.47 Å². The number of ether oxygens (including phenoxy) is 2. The average molecular weight is 218 g/mol. The van der Waals surface area contributed by atoms with Gasteiger partial charge < -0.3 is 9.47 Å². The monoisotopic (exact) mass is 218 g/mol. The number of hydrogen-bond donors (Lipinski definition) is 0. The molecule has 0 saturated heterocycles. The van der Waals surface area contributed by atoms with Crippen molar-refractivity contribution in [2.45, 2.75) is 73.0 Å². The summed E-state index contributed by atoms with van der Waals surface area (Å²) in [4.78, 5) is 0. The van der Waals surface area contributed by atoms with Gasteiger partial charge in [0.25, 0.3) is 0 Å². The first-order chi connectivity index (χ1) is 6.87. The van der Waals surface area contributed by atoms with Crippen molar-refractivity contribution in [3.63, 3.8) is 0 Å². The van der Waals surface area contributed by atoms with Gasteiger partial charge in [-0.05, 0) is 48.0 Å².